The Hall–Kier alpha value is -2.71. The molecule has 0 heterocycles. The number of carbonyl (C=O) groups excluding carboxylic acids is 1. The highest BCUT2D eigenvalue weighted by molar-refractivity contribution is 7.99. The molecule has 2 aromatic carbocycles. The van der Waals surface area contributed by atoms with E-state index in [0.717, 1.165) is 16.2 Å². The highest BCUT2D eigenvalue weighted by Crippen LogP contribution is 2.18. The van der Waals surface area contributed by atoms with E-state index in [1.54, 1.807) is 35.7 Å². The maximum Gasteiger partial charge on any atom is 0.410 e. The Morgan fingerprint density at radius 1 is 1.03 bits per heavy atom. The number of hydrogen-bond donors (Lipinski definition) is 1. The van der Waals surface area contributed by atoms with Crippen LogP contribution in [0.25, 0.3) is 0 Å². The van der Waals surface area contributed by atoms with Crippen molar-refractivity contribution >= 4 is 23.8 Å². The van der Waals surface area contributed by atoms with E-state index in [-0.39, 0.29) is 18.6 Å². The van der Waals surface area contributed by atoms with Crippen LogP contribution in [0.2, 0.25) is 0 Å². The predicted octanol–water partition coefficient (Wildman–Crippen LogP) is 4.74. The van der Waals surface area contributed by atoms with Crippen molar-refractivity contribution < 1.29 is 28.9 Å². The van der Waals surface area contributed by atoms with Crippen molar-refractivity contribution in [1.82, 2.24) is 4.90 Å². The number of aliphatic carboxylic acids is 1. The number of ether oxygens (including phenoxy) is 3. The Balaban J connectivity index is 1.85. The number of hydrogen-bond acceptors (Lipinski definition) is 6. The van der Waals surface area contributed by atoms with Crippen molar-refractivity contribution in [3.8, 4) is 5.75 Å². The van der Waals surface area contributed by atoms with Crippen molar-refractivity contribution in [2.75, 3.05) is 32.1 Å². The summed E-state index contributed by atoms with van der Waals surface area (Å²) < 4.78 is 16.4. The zero-order valence-electron chi connectivity index (χ0n) is 19.4. The predicted molar refractivity (Wildman–Crippen MR) is 129 cm³/mol. The van der Waals surface area contributed by atoms with Gasteiger partial charge in [0.15, 0.2) is 6.10 Å². The van der Waals surface area contributed by atoms with Crippen LogP contribution in [0.4, 0.5) is 4.79 Å². The van der Waals surface area contributed by atoms with E-state index in [4.69, 9.17) is 14.2 Å². The molecule has 180 valence electrons. The normalized spacial score (nSPS) is 11.8. The van der Waals surface area contributed by atoms with Gasteiger partial charge in [0, 0.05) is 30.2 Å². The molecule has 0 aliphatic rings. The van der Waals surface area contributed by atoms with Gasteiger partial charge in [0.1, 0.15) is 12.4 Å². The molecule has 0 fully saturated rings. The quantitative estimate of drug-likeness (QED) is 0.395. The fourth-order valence-corrected chi connectivity index (χ4v) is 3.89. The molecule has 1 N–H and O–H groups in total. The lowest BCUT2D eigenvalue weighted by atomic mass is 10.1. The number of thioether (sulfide) groups is 1. The smallest absolute Gasteiger partial charge is 0.410 e. The number of carboxylic acids is 1. The Bertz CT molecular complexity index is 844. The molecule has 0 aromatic heterocycles. The molecule has 7 nitrogen and oxygen atoms in total. The molecule has 0 spiro atoms. The number of amides is 1. The van der Waals surface area contributed by atoms with Gasteiger partial charge in [0.25, 0.3) is 0 Å². The summed E-state index contributed by atoms with van der Waals surface area (Å²) in [5, 5.41) is 9.22. The van der Waals surface area contributed by atoms with Gasteiger partial charge in [-0.3, -0.25) is 0 Å². The van der Waals surface area contributed by atoms with Crippen molar-refractivity contribution in [2.24, 2.45) is 0 Å². The lowest BCUT2D eigenvalue weighted by Gasteiger charge is -2.23. The van der Waals surface area contributed by atoms with Gasteiger partial charge in [0.2, 0.25) is 0 Å². The molecular formula is C25H33NO6S. The van der Waals surface area contributed by atoms with Crippen LogP contribution in [0.3, 0.4) is 0 Å². The van der Waals surface area contributed by atoms with Crippen molar-refractivity contribution in [3.63, 3.8) is 0 Å². The molecule has 0 aliphatic carbocycles. The van der Waals surface area contributed by atoms with Crippen LogP contribution in [0.1, 0.15) is 26.3 Å². The highest BCUT2D eigenvalue weighted by Gasteiger charge is 2.18. The standard InChI is InChI=1S/C25H33NO6S/c1-4-30-23(24(27)28)18-20-10-12-21(13-11-20)31-16-14-26(25(29)32-19(2)3)15-17-33-22-8-6-5-7-9-22/h5-13,19,23H,4,14-18H2,1-3H3,(H,27,28). The van der Waals surface area contributed by atoms with Crippen LogP contribution in [-0.4, -0.2) is 66.3 Å². The zero-order valence-corrected chi connectivity index (χ0v) is 20.3. The Morgan fingerprint density at radius 3 is 2.33 bits per heavy atom. The van der Waals surface area contributed by atoms with Crippen LogP contribution in [0.15, 0.2) is 59.5 Å². The van der Waals surface area contributed by atoms with Gasteiger partial charge in [-0.2, -0.15) is 0 Å². The van der Waals surface area contributed by atoms with E-state index < -0.39 is 12.1 Å². The summed E-state index contributed by atoms with van der Waals surface area (Å²) in [7, 11) is 0. The second kappa shape index (κ2) is 14.4. The molecule has 8 heteroatoms. The van der Waals surface area contributed by atoms with Crippen LogP contribution < -0.4 is 4.74 Å². The monoisotopic (exact) mass is 475 g/mol. The summed E-state index contributed by atoms with van der Waals surface area (Å²) in [5.41, 5.74) is 0.850. The van der Waals surface area contributed by atoms with Crippen LogP contribution >= 0.6 is 11.8 Å². The summed E-state index contributed by atoms with van der Waals surface area (Å²) in [4.78, 5) is 26.5. The molecule has 0 bridgehead atoms. The first-order valence-corrected chi connectivity index (χ1v) is 12.1. The minimum atomic E-state index is -0.976. The number of benzene rings is 2. The number of carbonyl (C=O) groups is 2. The van der Waals surface area contributed by atoms with Gasteiger partial charge < -0.3 is 24.2 Å². The van der Waals surface area contributed by atoms with E-state index >= 15 is 0 Å². The number of nitrogens with zero attached hydrogens (tertiary/aromatic N) is 1. The van der Waals surface area contributed by atoms with Crippen molar-refractivity contribution in [2.45, 2.75) is 44.3 Å². The maximum absolute atomic E-state index is 12.5. The molecule has 0 aliphatic heterocycles. The van der Waals surface area contributed by atoms with Crippen molar-refractivity contribution in [3.05, 3.63) is 60.2 Å². The molecule has 0 radical (unpaired) electrons. The van der Waals surface area contributed by atoms with Crippen LogP contribution in [-0.2, 0) is 20.7 Å². The van der Waals surface area contributed by atoms with Gasteiger partial charge >= 0.3 is 12.1 Å². The molecule has 2 rings (SSSR count). The SMILES string of the molecule is CCOC(Cc1ccc(OCCN(CCSc2ccccc2)C(=O)OC(C)C)cc1)C(=O)O. The van der Waals surface area contributed by atoms with E-state index in [1.807, 2.05) is 56.3 Å². The first-order chi connectivity index (χ1) is 15.9. The minimum absolute atomic E-state index is 0.193. The molecule has 1 unspecified atom stereocenters. The van der Waals surface area contributed by atoms with Gasteiger partial charge in [-0.25, -0.2) is 9.59 Å². The summed E-state index contributed by atoms with van der Waals surface area (Å²) in [6.07, 6.45) is -1.12. The fraction of sp³-hybridized carbons (Fsp3) is 0.440. The van der Waals surface area contributed by atoms with Gasteiger partial charge in [-0.1, -0.05) is 30.3 Å². The Labute approximate surface area is 200 Å². The average molecular weight is 476 g/mol. The zero-order chi connectivity index (χ0) is 24.1. The van der Waals surface area contributed by atoms with Gasteiger partial charge in [-0.15, -0.1) is 11.8 Å². The summed E-state index contributed by atoms with van der Waals surface area (Å²) in [6.45, 7) is 7.03. The minimum Gasteiger partial charge on any atom is -0.492 e. The van der Waals surface area contributed by atoms with E-state index in [2.05, 4.69) is 0 Å². The fourth-order valence-electron chi connectivity index (χ4n) is 2.99. The maximum atomic E-state index is 12.5. The first-order valence-electron chi connectivity index (χ1n) is 11.1. The second-order valence-electron chi connectivity index (χ2n) is 7.56. The summed E-state index contributed by atoms with van der Waals surface area (Å²) >= 11 is 1.68. The molecule has 1 amide bonds. The number of rotatable bonds is 14. The second-order valence-corrected chi connectivity index (χ2v) is 8.73. The third-order valence-corrected chi connectivity index (χ3v) is 5.58. The van der Waals surface area contributed by atoms with E-state index in [0.29, 0.717) is 32.1 Å². The topological polar surface area (TPSA) is 85.3 Å². The number of carboxylic acid groups (broad SMARTS) is 1. The Kier molecular flexibility index (Phi) is 11.6. The van der Waals surface area contributed by atoms with Crippen molar-refractivity contribution in [1.29, 1.82) is 0 Å². The molecule has 33 heavy (non-hydrogen) atoms. The molecule has 1 atom stereocenters. The Morgan fingerprint density at radius 2 is 1.73 bits per heavy atom. The lowest BCUT2D eigenvalue weighted by molar-refractivity contribution is -0.149. The third-order valence-electron chi connectivity index (χ3n) is 4.59. The summed E-state index contributed by atoms with van der Waals surface area (Å²) in [6, 6.07) is 17.3. The lowest BCUT2D eigenvalue weighted by Crippen LogP contribution is -2.37. The molecular weight excluding hydrogens is 442 g/mol. The molecule has 2 aromatic rings. The first kappa shape index (κ1) is 26.5. The van der Waals surface area contributed by atoms with Crippen LogP contribution in [0.5, 0.6) is 5.75 Å². The van der Waals surface area contributed by atoms with Gasteiger partial charge in [0.05, 0.1) is 12.6 Å². The van der Waals surface area contributed by atoms with E-state index in [9.17, 15) is 14.7 Å². The van der Waals surface area contributed by atoms with Gasteiger partial charge in [-0.05, 0) is 50.6 Å². The molecule has 0 saturated heterocycles. The van der Waals surface area contributed by atoms with E-state index in [1.165, 1.54) is 0 Å². The summed E-state index contributed by atoms with van der Waals surface area (Å²) in [5.74, 6) is 0.421. The average Bonchev–Trinajstić information content (AvgIpc) is 2.79. The third kappa shape index (κ3) is 10.2. The highest BCUT2D eigenvalue weighted by atomic mass is 32.2. The largest absolute Gasteiger partial charge is 0.492 e. The van der Waals surface area contributed by atoms with Crippen LogP contribution in [0, 0.1) is 0 Å². The molecule has 0 saturated carbocycles.